The van der Waals surface area contributed by atoms with Gasteiger partial charge in [0.05, 0.1) is 40.5 Å². The Labute approximate surface area is 133 Å². The highest BCUT2D eigenvalue weighted by Gasteiger charge is 2.36. The van der Waals surface area contributed by atoms with Crippen LogP contribution in [0, 0.1) is 5.92 Å². The summed E-state index contributed by atoms with van der Waals surface area (Å²) in [5.41, 5.74) is 3.70. The van der Waals surface area contributed by atoms with Crippen molar-refractivity contribution in [3.05, 3.63) is 16.4 Å². The summed E-state index contributed by atoms with van der Waals surface area (Å²) in [6.45, 7) is 1.58. The Bertz CT molecular complexity index is 586. The Morgan fingerprint density at radius 1 is 1.62 bits per heavy atom. The molecule has 1 aliphatic rings. The fourth-order valence-electron chi connectivity index (χ4n) is 2.68. The Morgan fingerprint density at radius 2 is 2.33 bits per heavy atom. The van der Waals surface area contributed by atoms with Crippen LogP contribution in [0.1, 0.15) is 18.2 Å². The van der Waals surface area contributed by atoms with Crippen molar-refractivity contribution in [2.24, 2.45) is 11.8 Å². The summed E-state index contributed by atoms with van der Waals surface area (Å²) in [6.07, 6.45) is 2.36. The number of aromatic nitrogens is 2. The van der Waals surface area contributed by atoms with Crippen molar-refractivity contribution in [3.63, 3.8) is 0 Å². The number of likely N-dealkylation sites (N-methyl/N-ethyl adjacent to an activating group) is 1. The van der Waals surface area contributed by atoms with Crippen molar-refractivity contribution in [2.45, 2.75) is 19.0 Å². The van der Waals surface area contributed by atoms with Gasteiger partial charge in [-0.2, -0.15) is 5.10 Å². The maximum atomic E-state index is 11.7. The van der Waals surface area contributed by atoms with E-state index in [9.17, 15) is 8.42 Å². The van der Waals surface area contributed by atoms with Crippen LogP contribution in [0.4, 0.5) is 0 Å². The van der Waals surface area contributed by atoms with Crippen LogP contribution in [0.15, 0.2) is 10.7 Å². The standard InChI is InChI=1S/C12H22BrN5O2S/c1-17(2)4-5-18-12(10(13)7-15-18)11(16-14)9-3-6-21(19,20)8-9/h7,9,11,16H,3-6,8,14H2,1-2H3. The Balaban J connectivity index is 2.23. The van der Waals surface area contributed by atoms with Gasteiger partial charge in [0.25, 0.3) is 0 Å². The van der Waals surface area contributed by atoms with Gasteiger partial charge < -0.3 is 4.90 Å². The van der Waals surface area contributed by atoms with Crippen molar-refractivity contribution in [2.75, 3.05) is 32.1 Å². The van der Waals surface area contributed by atoms with Gasteiger partial charge >= 0.3 is 0 Å². The van der Waals surface area contributed by atoms with E-state index >= 15 is 0 Å². The van der Waals surface area contributed by atoms with E-state index in [1.54, 1.807) is 6.20 Å². The van der Waals surface area contributed by atoms with Gasteiger partial charge in [0.15, 0.2) is 9.84 Å². The van der Waals surface area contributed by atoms with Crippen molar-refractivity contribution in [1.82, 2.24) is 20.1 Å². The first-order chi connectivity index (χ1) is 9.84. The number of nitrogens with zero attached hydrogens (tertiary/aromatic N) is 3. The van der Waals surface area contributed by atoms with E-state index in [0.717, 1.165) is 23.3 Å². The third-order valence-electron chi connectivity index (χ3n) is 3.81. The summed E-state index contributed by atoms with van der Waals surface area (Å²) < 4.78 is 26.2. The van der Waals surface area contributed by atoms with E-state index in [1.165, 1.54) is 0 Å². The molecule has 2 rings (SSSR count). The Morgan fingerprint density at radius 3 is 2.86 bits per heavy atom. The number of hydrazine groups is 1. The molecule has 3 N–H and O–H groups in total. The molecule has 2 unspecified atom stereocenters. The fraction of sp³-hybridized carbons (Fsp3) is 0.750. The van der Waals surface area contributed by atoms with Crippen LogP contribution in [0.3, 0.4) is 0 Å². The first-order valence-electron chi connectivity index (χ1n) is 6.86. The molecule has 1 aliphatic heterocycles. The molecule has 120 valence electrons. The molecule has 21 heavy (non-hydrogen) atoms. The SMILES string of the molecule is CN(C)CCn1ncc(Br)c1C(NN)C1CCS(=O)(=O)C1. The number of sulfone groups is 1. The molecule has 0 aliphatic carbocycles. The lowest BCUT2D eigenvalue weighted by Gasteiger charge is -2.24. The highest BCUT2D eigenvalue weighted by molar-refractivity contribution is 9.10. The molecule has 7 nitrogen and oxygen atoms in total. The average molecular weight is 380 g/mol. The molecule has 1 aromatic heterocycles. The number of halogens is 1. The molecule has 9 heteroatoms. The monoisotopic (exact) mass is 379 g/mol. The summed E-state index contributed by atoms with van der Waals surface area (Å²) in [6, 6.07) is -0.221. The number of hydrogen-bond donors (Lipinski definition) is 2. The summed E-state index contributed by atoms with van der Waals surface area (Å²) in [7, 11) is 1.06. The van der Waals surface area contributed by atoms with Gasteiger partial charge in [0.2, 0.25) is 0 Å². The zero-order valence-electron chi connectivity index (χ0n) is 12.3. The van der Waals surface area contributed by atoms with Crippen LogP contribution >= 0.6 is 15.9 Å². The van der Waals surface area contributed by atoms with Crippen molar-refractivity contribution in [1.29, 1.82) is 0 Å². The van der Waals surface area contributed by atoms with Gasteiger partial charge in [-0.3, -0.25) is 16.0 Å². The molecule has 0 amide bonds. The van der Waals surface area contributed by atoms with E-state index in [1.807, 2.05) is 18.8 Å². The maximum absolute atomic E-state index is 11.7. The largest absolute Gasteiger partial charge is 0.308 e. The van der Waals surface area contributed by atoms with Gasteiger partial charge in [0.1, 0.15) is 0 Å². The van der Waals surface area contributed by atoms with E-state index < -0.39 is 9.84 Å². The zero-order chi connectivity index (χ0) is 15.6. The number of nitrogens with two attached hydrogens (primary N) is 1. The van der Waals surface area contributed by atoms with Crippen LogP contribution in [0.2, 0.25) is 0 Å². The minimum atomic E-state index is -2.94. The minimum absolute atomic E-state index is 0.0221. The van der Waals surface area contributed by atoms with Crippen LogP contribution in [0.5, 0.6) is 0 Å². The second-order valence-electron chi connectivity index (χ2n) is 5.71. The molecule has 0 radical (unpaired) electrons. The van der Waals surface area contributed by atoms with Crippen LogP contribution in [-0.2, 0) is 16.4 Å². The third-order valence-corrected chi connectivity index (χ3v) is 6.21. The van der Waals surface area contributed by atoms with Crippen LogP contribution in [-0.4, -0.2) is 55.2 Å². The molecule has 2 atom stereocenters. The first-order valence-corrected chi connectivity index (χ1v) is 9.48. The Hall–Kier alpha value is -0.480. The number of nitrogens with one attached hydrogen (secondary N) is 1. The zero-order valence-corrected chi connectivity index (χ0v) is 14.7. The minimum Gasteiger partial charge on any atom is -0.308 e. The van der Waals surface area contributed by atoms with Gasteiger partial charge in [0, 0.05) is 6.54 Å². The molecule has 1 fully saturated rings. The lowest BCUT2D eigenvalue weighted by Crippen LogP contribution is -2.36. The van der Waals surface area contributed by atoms with Crippen molar-refractivity contribution >= 4 is 25.8 Å². The first kappa shape index (κ1) is 16.9. The smallest absolute Gasteiger partial charge is 0.150 e. The fourth-order valence-corrected chi connectivity index (χ4v) is 5.06. The topological polar surface area (TPSA) is 93.2 Å². The maximum Gasteiger partial charge on any atom is 0.150 e. The van der Waals surface area contributed by atoms with Crippen molar-refractivity contribution in [3.8, 4) is 0 Å². The second-order valence-corrected chi connectivity index (χ2v) is 8.79. The molecule has 0 bridgehead atoms. The molecule has 0 spiro atoms. The summed E-state index contributed by atoms with van der Waals surface area (Å²) in [5.74, 6) is 6.10. The van der Waals surface area contributed by atoms with E-state index in [-0.39, 0.29) is 23.5 Å². The quantitative estimate of drug-likeness (QED) is 0.539. The molecule has 0 aromatic carbocycles. The van der Waals surface area contributed by atoms with E-state index in [4.69, 9.17) is 5.84 Å². The van der Waals surface area contributed by atoms with E-state index in [2.05, 4.69) is 31.4 Å². The predicted octanol–water partition coefficient (Wildman–Crippen LogP) is 0.146. The lowest BCUT2D eigenvalue weighted by molar-refractivity contribution is 0.339. The van der Waals surface area contributed by atoms with Gasteiger partial charge in [-0.15, -0.1) is 0 Å². The van der Waals surface area contributed by atoms with Crippen LogP contribution in [0.25, 0.3) is 0 Å². The van der Waals surface area contributed by atoms with Crippen molar-refractivity contribution < 1.29 is 8.42 Å². The van der Waals surface area contributed by atoms with Gasteiger partial charge in [-0.05, 0) is 42.4 Å². The predicted molar refractivity (Wildman–Crippen MR) is 85.3 cm³/mol. The summed E-state index contributed by atoms with van der Waals surface area (Å²) in [4.78, 5) is 2.07. The highest BCUT2D eigenvalue weighted by Crippen LogP contribution is 2.34. The number of rotatable bonds is 6. The second kappa shape index (κ2) is 6.74. The molecule has 2 heterocycles. The molecule has 1 saturated heterocycles. The van der Waals surface area contributed by atoms with Gasteiger partial charge in [-0.25, -0.2) is 8.42 Å². The molecule has 1 aromatic rings. The molecule has 0 saturated carbocycles. The average Bonchev–Trinajstić information content (AvgIpc) is 2.93. The van der Waals surface area contributed by atoms with Gasteiger partial charge in [-0.1, -0.05) is 0 Å². The van der Waals surface area contributed by atoms with Crippen LogP contribution < -0.4 is 11.3 Å². The molecular formula is C12H22BrN5O2S. The Kier molecular flexibility index (Phi) is 5.42. The third kappa shape index (κ3) is 4.04. The summed E-state index contributed by atoms with van der Waals surface area (Å²) >= 11 is 3.50. The highest BCUT2D eigenvalue weighted by atomic mass is 79.9. The number of hydrogen-bond acceptors (Lipinski definition) is 6. The molecular weight excluding hydrogens is 358 g/mol. The lowest BCUT2D eigenvalue weighted by atomic mass is 9.97. The summed E-state index contributed by atoms with van der Waals surface area (Å²) in [5, 5.41) is 4.36. The normalized spacial score (nSPS) is 22.8. The van der Waals surface area contributed by atoms with E-state index in [0.29, 0.717) is 6.42 Å².